The van der Waals surface area contributed by atoms with Gasteiger partial charge in [0.1, 0.15) is 11.8 Å². The molecule has 6 nitrogen and oxygen atoms in total. The third-order valence-electron chi connectivity index (χ3n) is 5.28. The number of nitrogens with one attached hydrogen (secondary N) is 1. The predicted molar refractivity (Wildman–Crippen MR) is 101 cm³/mol. The molecule has 0 unspecified atom stereocenters. The fourth-order valence-corrected chi connectivity index (χ4v) is 4.24. The summed E-state index contributed by atoms with van der Waals surface area (Å²) in [5, 5.41) is 6.98. The molecule has 1 aliphatic carbocycles. The number of alkyl halides is 3. The van der Waals surface area contributed by atoms with E-state index in [2.05, 4.69) is 15.4 Å². The van der Waals surface area contributed by atoms with E-state index in [0.717, 1.165) is 4.68 Å². The highest BCUT2D eigenvalue weighted by Crippen LogP contribution is 2.45. The average molecular weight is 435 g/mol. The van der Waals surface area contributed by atoms with E-state index in [1.807, 2.05) is 0 Å². The zero-order valence-electron chi connectivity index (χ0n) is 15.3. The lowest BCUT2D eigenvalue weighted by Crippen LogP contribution is -2.33. The molecule has 2 aromatic heterocycles. The molecule has 0 fully saturated rings. The van der Waals surface area contributed by atoms with Gasteiger partial charge in [0.2, 0.25) is 5.95 Å². The average Bonchev–Trinajstić information content (AvgIpc) is 3.35. The van der Waals surface area contributed by atoms with Gasteiger partial charge in [-0.05, 0) is 36.2 Å². The van der Waals surface area contributed by atoms with Crippen LogP contribution in [0.2, 0.25) is 5.02 Å². The van der Waals surface area contributed by atoms with Gasteiger partial charge >= 0.3 is 6.18 Å². The molecule has 154 valence electrons. The van der Waals surface area contributed by atoms with Crippen molar-refractivity contribution in [3.63, 3.8) is 0 Å². The number of Topliss-reactive ketones (excluding diaryl/α,β-unsaturated/α-hetero) is 1. The fraction of sp³-hybridized carbons (Fsp3) is 0.250. The van der Waals surface area contributed by atoms with Crippen molar-refractivity contribution >= 4 is 23.3 Å². The van der Waals surface area contributed by atoms with Gasteiger partial charge < -0.3 is 9.73 Å². The standard InChI is InChI=1S/C20H14ClF3N4O2/c21-12-4-1-3-10(7-12)17-16-13(8-11(9-14(16)29)15-5-2-6-30-15)25-19-26-18(20(22,23)24)27-28(17)19/h1-7,11,17H,8-9H2,(H,25,26,27)/t11-,17+/m0/s1. The highest BCUT2D eigenvalue weighted by Gasteiger charge is 2.43. The second-order valence-electron chi connectivity index (χ2n) is 7.22. The van der Waals surface area contributed by atoms with E-state index >= 15 is 0 Å². The highest BCUT2D eigenvalue weighted by atomic mass is 35.5. The minimum absolute atomic E-state index is 0.0704. The summed E-state index contributed by atoms with van der Waals surface area (Å²) in [6.45, 7) is 0. The van der Waals surface area contributed by atoms with E-state index in [1.54, 1.807) is 36.4 Å². The molecule has 0 saturated heterocycles. The first-order valence-corrected chi connectivity index (χ1v) is 9.55. The Morgan fingerprint density at radius 3 is 2.73 bits per heavy atom. The van der Waals surface area contributed by atoms with Crippen molar-refractivity contribution in [3.05, 3.63) is 76.1 Å². The maximum Gasteiger partial charge on any atom is 0.453 e. The number of carbonyl (C=O) groups is 1. The Morgan fingerprint density at radius 1 is 1.20 bits per heavy atom. The maximum atomic E-state index is 13.3. The van der Waals surface area contributed by atoms with Gasteiger partial charge in [-0.3, -0.25) is 4.79 Å². The number of ketones is 1. The predicted octanol–water partition coefficient (Wildman–Crippen LogP) is 4.96. The minimum Gasteiger partial charge on any atom is -0.469 e. The van der Waals surface area contributed by atoms with E-state index in [-0.39, 0.29) is 24.1 Å². The minimum atomic E-state index is -4.72. The van der Waals surface area contributed by atoms with Gasteiger partial charge in [0.15, 0.2) is 5.78 Å². The zero-order chi connectivity index (χ0) is 21.0. The monoisotopic (exact) mass is 434 g/mol. The third kappa shape index (κ3) is 3.09. The van der Waals surface area contributed by atoms with Gasteiger partial charge in [-0.25, -0.2) is 4.68 Å². The molecular formula is C20H14ClF3N4O2. The van der Waals surface area contributed by atoms with Crippen molar-refractivity contribution in [2.24, 2.45) is 0 Å². The summed E-state index contributed by atoms with van der Waals surface area (Å²) in [6, 6.07) is 9.32. The summed E-state index contributed by atoms with van der Waals surface area (Å²) in [4.78, 5) is 16.8. The van der Waals surface area contributed by atoms with Crippen LogP contribution in [0.1, 0.15) is 41.9 Å². The number of halogens is 4. The van der Waals surface area contributed by atoms with Crippen molar-refractivity contribution in [2.75, 3.05) is 5.32 Å². The number of rotatable bonds is 2. The lowest BCUT2D eigenvalue weighted by atomic mass is 9.79. The number of carbonyl (C=O) groups excluding carboxylic acids is 1. The van der Waals surface area contributed by atoms with Crippen LogP contribution in [0.4, 0.5) is 19.1 Å². The lowest BCUT2D eigenvalue weighted by molar-refractivity contribution is -0.145. The largest absolute Gasteiger partial charge is 0.469 e. The molecule has 3 heterocycles. The Hall–Kier alpha value is -3.07. The summed E-state index contributed by atoms with van der Waals surface area (Å²) in [7, 11) is 0. The van der Waals surface area contributed by atoms with E-state index < -0.39 is 18.0 Å². The van der Waals surface area contributed by atoms with Crippen LogP contribution in [0.15, 0.2) is 58.3 Å². The van der Waals surface area contributed by atoms with Crippen molar-refractivity contribution < 1.29 is 22.4 Å². The lowest BCUT2D eigenvalue weighted by Gasteiger charge is -2.34. The molecule has 5 rings (SSSR count). The molecule has 1 N–H and O–H groups in total. The Labute approximate surface area is 173 Å². The van der Waals surface area contributed by atoms with E-state index in [9.17, 15) is 18.0 Å². The number of aromatic nitrogens is 3. The molecule has 0 amide bonds. The van der Waals surface area contributed by atoms with E-state index in [0.29, 0.717) is 34.0 Å². The first-order valence-electron chi connectivity index (χ1n) is 9.17. The van der Waals surface area contributed by atoms with Gasteiger partial charge in [-0.1, -0.05) is 23.7 Å². The molecule has 3 aromatic rings. The van der Waals surface area contributed by atoms with Crippen molar-refractivity contribution in [2.45, 2.75) is 31.0 Å². The van der Waals surface area contributed by atoms with Gasteiger partial charge in [-0.2, -0.15) is 18.2 Å². The number of fused-ring (bicyclic) bond motifs is 1. The summed E-state index contributed by atoms with van der Waals surface area (Å²) >= 11 is 6.12. The molecule has 1 aromatic carbocycles. The van der Waals surface area contributed by atoms with Crippen LogP contribution in [-0.4, -0.2) is 20.5 Å². The highest BCUT2D eigenvalue weighted by molar-refractivity contribution is 6.30. The molecule has 10 heteroatoms. The number of allylic oxidation sites excluding steroid dienone is 2. The van der Waals surface area contributed by atoms with Crippen LogP contribution in [0, 0.1) is 0 Å². The molecule has 0 radical (unpaired) electrons. The third-order valence-corrected chi connectivity index (χ3v) is 5.52. The van der Waals surface area contributed by atoms with Gasteiger partial charge in [-0.15, -0.1) is 5.10 Å². The van der Waals surface area contributed by atoms with Crippen molar-refractivity contribution in [1.82, 2.24) is 14.8 Å². The quantitative estimate of drug-likeness (QED) is 0.617. The molecule has 0 saturated carbocycles. The Bertz CT molecular complexity index is 1170. The Balaban J connectivity index is 1.65. The number of hydrogen-bond acceptors (Lipinski definition) is 5. The number of hydrogen-bond donors (Lipinski definition) is 1. The van der Waals surface area contributed by atoms with E-state index in [4.69, 9.17) is 16.0 Å². The second-order valence-corrected chi connectivity index (χ2v) is 7.66. The molecule has 30 heavy (non-hydrogen) atoms. The van der Waals surface area contributed by atoms with E-state index in [1.165, 1.54) is 6.26 Å². The first kappa shape index (κ1) is 18.9. The van der Waals surface area contributed by atoms with Crippen LogP contribution in [-0.2, 0) is 11.0 Å². The molecule has 2 atom stereocenters. The van der Waals surface area contributed by atoms with Crippen molar-refractivity contribution in [1.29, 1.82) is 0 Å². The summed E-state index contributed by atoms with van der Waals surface area (Å²) in [6.07, 6.45) is -2.60. The summed E-state index contributed by atoms with van der Waals surface area (Å²) in [5.74, 6) is -1.09. The van der Waals surface area contributed by atoms with Crippen LogP contribution >= 0.6 is 11.6 Å². The number of furan rings is 1. The van der Waals surface area contributed by atoms with Crippen LogP contribution in [0.5, 0.6) is 0 Å². The van der Waals surface area contributed by atoms with Crippen LogP contribution in [0.3, 0.4) is 0 Å². The molecule has 0 spiro atoms. The SMILES string of the molecule is O=C1C[C@@H](c2ccco2)CC2=C1[C@@H](c1cccc(Cl)c1)n1nc(C(F)(F)F)nc1N2. The van der Waals surface area contributed by atoms with Crippen LogP contribution < -0.4 is 5.32 Å². The molecule has 2 aliphatic rings. The zero-order valence-corrected chi connectivity index (χ0v) is 16.0. The first-order chi connectivity index (χ1) is 14.3. The maximum absolute atomic E-state index is 13.3. The van der Waals surface area contributed by atoms with Crippen LogP contribution in [0.25, 0.3) is 0 Å². The molecular weight excluding hydrogens is 421 g/mol. The normalized spacial score (nSPS) is 21.3. The van der Waals surface area contributed by atoms with Gasteiger partial charge in [0, 0.05) is 28.6 Å². The van der Waals surface area contributed by atoms with Gasteiger partial charge in [0.25, 0.3) is 5.82 Å². The molecule has 1 aliphatic heterocycles. The second kappa shape index (κ2) is 6.73. The Kier molecular flexibility index (Phi) is 4.25. The Morgan fingerprint density at radius 2 is 2.03 bits per heavy atom. The topological polar surface area (TPSA) is 73.0 Å². The summed E-state index contributed by atoms with van der Waals surface area (Å²) in [5.41, 5.74) is 1.44. The number of benzene rings is 1. The number of nitrogens with zero attached hydrogens (tertiary/aromatic N) is 3. The number of anilines is 1. The summed E-state index contributed by atoms with van der Waals surface area (Å²) < 4.78 is 46.4. The fourth-order valence-electron chi connectivity index (χ4n) is 4.04. The van der Waals surface area contributed by atoms with Gasteiger partial charge in [0.05, 0.1) is 6.26 Å². The molecule has 0 bridgehead atoms. The smallest absolute Gasteiger partial charge is 0.453 e. The van der Waals surface area contributed by atoms with Crippen molar-refractivity contribution in [3.8, 4) is 0 Å².